The number of aromatic nitrogens is 1. The van der Waals surface area contributed by atoms with Crippen LogP contribution in [-0.2, 0) is 0 Å². The molecule has 3 rings (SSSR count). The minimum atomic E-state index is -0.288. The van der Waals surface area contributed by atoms with Crippen molar-refractivity contribution in [3.63, 3.8) is 0 Å². The third kappa shape index (κ3) is 3.29. The van der Waals surface area contributed by atoms with Crippen LogP contribution < -0.4 is 5.32 Å². The molecule has 114 valence electrons. The molecule has 0 saturated carbocycles. The molecule has 0 atom stereocenters. The van der Waals surface area contributed by atoms with E-state index in [1.807, 2.05) is 18.2 Å². The monoisotopic (exact) mass is 306 g/mol. The summed E-state index contributed by atoms with van der Waals surface area (Å²) in [7, 11) is 0. The maximum atomic E-state index is 12.3. The number of carbonyl (C=O) groups is 1. The Hall–Kier alpha value is -3.34. The highest BCUT2D eigenvalue weighted by Crippen LogP contribution is 2.31. The van der Waals surface area contributed by atoms with Gasteiger partial charge in [0.2, 0.25) is 0 Å². The van der Waals surface area contributed by atoms with Crippen molar-refractivity contribution < 1.29 is 15.0 Å². The maximum Gasteiger partial charge on any atom is 0.257 e. The number of benzene rings is 2. The van der Waals surface area contributed by atoms with Crippen LogP contribution in [0.4, 0.5) is 5.69 Å². The van der Waals surface area contributed by atoms with Crippen LogP contribution in [0.3, 0.4) is 0 Å². The van der Waals surface area contributed by atoms with Crippen LogP contribution in [0.15, 0.2) is 67.0 Å². The molecule has 3 N–H and O–H groups in total. The number of nitrogens with zero attached hydrogens (tertiary/aromatic N) is 1. The summed E-state index contributed by atoms with van der Waals surface area (Å²) in [5, 5.41) is 22.1. The van der Waals surface area contributed by atoms with E-state index in [9.17, 15) is 15.0 Å². The number of rotatable bonds is 3. The van der Waals surface area contributed by atoms with E-state index in [0.717, 1.165) is 0 Å². The third-order valence-electron chi connectivity index (χ3n) is 3.32. The first-order chi connectivity index (χ1) is 11.1. The number of pyridine rings is 1. The van der Waals surface area contributed by atoms with E-state index in [-0.39, 0.29) is 17.4 Å². The summed E-state index contributed by atoms with van der Waals surface area (Å²) in [6, 6.07) is 15.0. The summed E-state index contributed by atoms with van der Waals surface area (Å²) in [5.41, 5.74) is 2.14. The Morgan fingerprint density at radius 3 is 2.48 bits per heavy atom. The quantitative estimate of drug-likeness (QED) is 0.692. The number of hydrogen-bond donors (Lipinski definition) is 3. The van der Waals surface area contributed by atoms with Crippen molar-refractivity contribution in [2.75, 3.05) is 5.32 Å². The lowest BCUT2D eigenvalue weighted by atomic mass is 10.0. The van der Waals surface area contributed by atoms with Gasteiger partial charge < -0.3 is 15.5 Å². The smallest absolute Gasteiger partial charge is 0.257 e. The molecule has 3 aromatic rings. The third-order valence-corrected chi connectivity index (χ3v) is 3.32. The summed E-state index contributed by atoms with van der Waals surface area (Å²) in [5.74, 6) is -0.395. The molecule has 0 radical (unpaired) electrons. The molecule has 1 heterocycles. The van der Waals surface area contributed by atoms with E-state index in [0.29, 0.717) is 22.4 Å². The van der Waals surface area contributed by atoms with Gasteiger partial charge in [-0.05, 0) is 30.3 Å². The SMILES string of the molecule is O=C(Nc1ccccc1)c1cncc(-c2ccc(O)cc2O)c1. The van der Waals surface area contributed by atoms with Crippen LogP contribution in [-0.4, -0.2) is 21.1 Å². The predicted octanol–water partition coefficient (Wildman–Crippen LogP) is 3.41. The van der Waals surface area contributed by atoms with E-state index >= 15 is 0 Å². The molecule has 23 heavy (non-hydrogen) atoms. The van der Waals surface area contributed by atoms with Gasteiger partial charge in [-0.3, -0.25) is 9.78 Å². The van der Waals surface area contributed by atoms with Gasteiger partial charge in [0, 0.05) is 35.3 Å². The van der Waals surface area contributed by atoms with Gasteiger partial charge >= 0.3 is 0 Å². The van der Waals surface area contributed by atoms with Crippen molar-refractivity contribution in [3.8, 4) is 22.6 Å². The Morgan fingerprint density at radius 2 is 1.74 bits per heavy atom. The minimum absolute atomic E-state index is 0.0304. The zero-order valence-corrected chi connectivity index (χ0v) is 12.1. The molecule has 0 unspecified atom stereocenters. The molecule has 0 fully saturated rings. The lowest BCUT2D eigenvalue weighted by Gasteiger charge is -2.08. The van der Waals surface area contributed by atoms with Crippen molar-refractivity contribution in [2.45, 2.75) is 0 Å². The second-order valence-electron chi connectivity index (χ2n) is 4.98. The molecule has 0 aliphatic rings. The summed E-state index contributed by atoms with van der Waals surface area (Å²) < 4.78 is 0. The van der Waals surface area contributed by atoms with Gasteiger partial charge in [0.05, 0.1) is 5.56 Å². The zero-order valence-electron chi connectivity index (χ0n) is 12.1. The van der Waals surface area contributed by atoms with Crippen molar-refractivity contribution in [3.05, 3.63) is 72.6 Å². The fourth-order valence-electron chi connectivity index (χ4n) is 2.20. The second-order valence-corrected chi connectivity index (χ2v) is 4.98. The van der Waals surface area contributed by atoms with Crippen LogP contribution >= 0.6 is 0 Å². The number of hydrogen-bond acceptors (Lipinski definition) is 4. The first-order valence-electron chi connectivity index (χ1n) is 6.97. The number of phenolic OH excluding ortho intramolecular Hbond substituents is 2. The molecule has 0 aliphatic carbocycles. The molecule has 0 saturated heterocycles. The average molecular weight is 306 g/mol. The van der Waals surface area contributed by atoms with E-state index < -0.39 is 0 Å². The van der Waals surface area contributed by atoms with Gasteiger partial charge in [-0.1, -0.05) is 18.2 Å². The van der Waals surface area contributed by atoms with Crippen LogP contribution in [0.2, 0.25) is 0 Å². The fraction of sp³-hybridized carbons (Fsp3) is 0. The predicted molar refractivity (Wildman–Crippen MR) is 87.4 cm³/mol. The van der Waals surface area contributed by atoms with E-state index in [2.05, 4.69) is 10.3 Å². The maximum absolute atomic E-state index is 12.3. The molecule has 0 spiro atoms. The Labute approximate surface area is 132 Å². The number of amides is 1. The number of anilines is 1. The fourth-order valence-corrected chi connectivity index (χ4v) is 2.20. The average Bonchev–Trinajstić information content (AvgIpc) is 2.56. The number of phenols is 2. The summed E-state index contributed by atoms with van der Waals surface area (Å²) >= 11 is 0. The van der Waals surface area contributed by atoms with Gasteiger partial charge in [0.25, 0.3) is 5.91 Å². The molecular weight excluding hydrogens is 292 g/mol. The summed E-state index contributed by atoms with van der Waals surface area (Å²) in [6.45, 7) is 0. The molecule has 1 aromatic heterocycles. The number of para-hydroxylation sites is 1. The highest BCUT2D eigenvalue weighted by Gasteiger charge is 2.11. The number of nitrogens with one attached hydrogen (secondary N) is 1. The lowest BCUT2D eigenvalue weighted by molar-refractivity contribution is 0.102. The van der Waals surface area contributed by atoms with E-state index in [4.69, 9.17) is 0 Å². The highest BCUT2D eigenvalue weighted by atomic mass is 16.3. The van der Waals surface area contributed by atoms with Gasteiger partial charge in [-0.2, -0.15) is 0 Å². The Morgan fingerprint density at radius 1 is 0.957 bits per heavy atom. The zero-order chi connectivity index (χ0) is 16.2. The first-order valence-corrected chi connectivity index (χ1v) is 6.97. The Balaban J connectivity index is 1.89. The van der Waals surface area contributed by atoms with Crippen molar-refractivity contribution in [1.29, 1.82) is 0 Å². The molecule has 0 aliphatic heterocycles. The van der Waals surface area contributed by atoms with Gasteiger partial charge in [-0.25, -0.2) is 0 Å². The van der Waals surface area contributed by atoms with Crippen molar-refractivity contribution >= 4 is 11.6 Å². The van der Waals surface area contributed by atoms with Crippen molar-refractivity contribution in [1.82, 2.24) is 4.98 Å². The normalized spacial score (nSPS) is 10.3. The molecule has 5 nitrogen and oxygen atoms in total. The van der Waals surface area contributed by atoms with Gasteiger partial charge in [0.1, 0.15) is 11.5 Å². The molecule has 0 bridgehead atoms. The van der Waals surface area contributed by atoms with Crippen LogP contribution in [0.25, 0.3) is 11.1 Å². The lowest BCUT2D eigenvalue weighted by Crippen LogP contribution is -2.12. The molecule has 2 aromatic carbocycles. The Kier molecular flexibility index (Phi) is 3.93. The van der Waals surface area contributed by atoms with Gasteiger partial charge in [-0.15, -0.1) is 0 Å². The minimum Gasteiger partial charge on any atom is -0.508 e. The Bertz CT molecular complexity index is 848. The van der Waals surface area contributed by atoms with Crippen LogP contribution in [0, 0.1) is 0 Å². The number of carbonyl (C=O) groups excluding carboxylic acids is 1. The largest absolute Gasteiger partial charge is 0.508 e. The van der Waals surface area contributed by atoms with E-state index in [1.165, 1.54) is 18.3 Å². The highest BCUT2D eigenvalue weighted by molar-refractivity contribution is 6.04. The van der Waals surface area contributed by atoms with Crippen LogP contribution in [0.5, 0.6) is 11.5 Å². The standard InChI is InChI=1S/C18H14N2O3/c21-15-6-7-16(17(22)9-15)12-8-13(11-19-10-12)18(23)20-14-4-2-1-3-5-14/h1-11,21-22H,(H,20,23). The summed E-state index contributed by atoms with van der Waals surface area (Å²) in [4.78, 5) is 16.3. The number of aromatic hydroxyl groups is 2. The van der Waals surface area contributed by atoms with Gasteiger partial charge in [0.15, 0.2) is 0 Å². The first kappa shape index (κ1) is 14.6. The molecule has 5 heteroatoms. The van der Waals surface area contributed by atoms with Crippen LogP contribution in [0.1, 0.15) is 10.4 Å². The topological polar surface area (TPSA) is 82.5 Å². The second kappa shape index (κ2) is 6.19. The van der Waals surface area contributed by atoms with E-state index in [1.54, 1.807) is 30.5 Å². The van der Waals surface area contributed by atoms with Crippen molar-refractivity contribution in [2.24, 2.45) is 0 Å². The molecular formula is C18H14N2O3. The summed E-state index contributed by atoms with van der Waals surface area (Å²) in [6.07, 6.45) is 3.00. The molecule has 1 amide bonds.